The molecule has 0 saturated carbocycles. The molecule has 0 aliphatic heterocycles. The summed E-state index contributed by atoms with van der Waals surface area (Å²) >= 11 is 0. The van der Waals surface area contributed by atoms with Crippen molar-refractivity contribution in [2.75, 3.05) is 47.6 Å². The molecule has 0 aliphatic carbocycles. The molecule has 0 bridgehead atoms. The first kappa shape index (κ1) is 19.5. The number of unbranched alkanes of at least 4 members (excludes halogenated alkanes) is 1. The number of hydrogen-bond acceptors (Lipinski definition) is 3. The second kappa shape index (κ2) is 11.9. The van der Waals surface area contributed by atoms with Crippen LogP contribution in [-0.4, -0.2) is 58.4 Å². The van der Waals surface area contributed by atoms with Crippen LogP contribution in [-0.2, 0) is 16.0 Å². The molecule has 0 atom stereocenters. The topological polar surface area (TPSA) is 46.1 Å². The fourth-order valence-electron chi connectivity index (χ4n) is 2.28. The van der Waals surface area contributed by atoms with Gasteiger partial charge in [0.15, 0.2) is 5.96 Å². The maximum atomic E-state index is 5.45. The quantitative estimate of drug-likeness (QED) is 0.408. The Kier molecular flexibility index (Phi) is 10.1. The SMILES string of the molecule is CN=C(NCCCCOCCOC)N(C)Cc1ccccc1C. The Morgan fingerprint density at radius 2 is 1.96 bits per heavy atom. The molecule has 1 rings (SSSR count). The summed E-state index contributed by atoms with van der Waals surface area (Å²) in [5, 5.41) is 3.41. The van der Waals surface area contributed by atoms with E-state index in [1.54, 1.807) is 7.11 Å². The molecular weight excluding hydrogens is 290 g/mol. The Balaban J connectivity index is 2.24. The number of hydrogen-bond donors (Lipinski definition) is 1. The van der Waals surface area contributed by atoms with Crippen LogP contribution in [0.2, 0.25) is 0 Å². The summed E-state index contributed by atoms with van der Waals surface area (Å²) < 4.78 is 10.4. The second-order valence-electron chi connectivity index (χ2n) is 5.57. The summed E-state index contributed by atoms with van der Waals surface area (Å²) in [7, 11) is 5.58. The smallest absolute Gasteiger partial charge is 0.193 e. The van der Waals surface area contributed by atoms with Crippen molar-refractivity contribution in [3.05, 3.63) is 35.4 Å². The van der Waals surface area contributed by atoms with E-state index in [1.807, 2.05) is 7.05 Å². The summed E-state index contributed by atoms with van der Waals surface area (Å²) in [4.78, 5) is 6.51. The van der Waals surface area contributed by atoms with Gasteiger partial charge in [-0.1, -0.05) is 24.3 Å². The van der Waals surface area contributed by atoms with Gasteiger partial charge in [-0.25, -0.2) is 0 Å². The van der Waals surface area contributed by atoms with Crippen molar-refractivity contribution >= 4 is 5.96 Å². The highest BCUT2D eigenvalue weighted by Gasteiger charge is 2.07. The Bertz CT molecular complexity index is 463. The molecule has 5 heteroatoms. The van der Waals surface area contributed by atoms with E-state index in [0.717, 1.165) is 38.5 Å². The van der Waals surface area contributed by atoms with Crippen molar-refractivity contribution in [3.63, 3.8) is 0 Å². The van der Waals surface area contributed by atoms with Crippen LogP contribution in [0.5, 0.6) is 0 Å². The van der Waals surface area contributed by atoms with Crippen molar-refractivity contribution < 1.29 is 9.47 Å². The number of rotatable bonds is 10. The molecule has 1 aromatic rings. The lowest BCUT2D eigenvalue weighted by Gasteiger charge is -2.23. The van der Waals surface area contributed by atoms with Gasteiger partial charge in [-0.3, -0.25) is 4.99 Å². The van der Waals surface area contributed by atoms with Gasteiger partial charge in [0.25, 0.3) is 0 Å². The Labute approximate surface area is 140 Å². The lowest BCUT2D eigenvalue weighted by molar-refractivity contribution is 0.0689. The summed E-state index contributed by atoms with van der Waals surface area (Å²) in [6.07, 6.45) is 2.10. The molecule has 5 nitrogen and oxygen atoms in total. The standard InChI is InChI=1S/C18H31N3O2/c1-16-9-5-6-10-17(16)15-21(3)18(19-2)20-11-7-8-12-23-14-13-22-4/h5-6,9-10H,7-8,11-15H2,1-4H3,(H,19,20). The van der Waals surface area contributed by atoms with Gasteiger partial charge < -0.3 is 19.7 Å². The summed E-state index contributed by atoms with van der Waals surface area (Å²) in [5.74, 6) is 0.925. The third-order valence-electron chi connectivity index (χ3n) is 3.67. The van der Waals surface area contributed by atoms with Crippen molar-refractivity contribution in [2.24, 2.45) is 4.99 Å². The molecule has 0 aromatic heterocycles. The van der Waals surface area contributed by atoms with Crippen LogP contribution >= 0.6 is 0 Å². The van der Waals surface area contributed by atoms with E-state index in [-0.39, 0.29) is 0 Å². The molecule has 0 radical (unpaired) electrons. The van der Waals surface area contributed by atoms with E-state index in [1.165, 1.54) is 11.1 Å². The monoisotopic (exact) mass is 321 g/mol. The molecule has 0 heterocycles. The zero-order valence-corrected chi connectivity index (χ0v) is 15.0. The molecule has 0 aliphatic rings. The van der Waals surface area contributed by atoms with Gasteiger partial charge in [0, 0.05) is 40.9 Å². The summed E-state index contributed by atoms with van der Waals surface area (Å²) in [6, 6.07) is 8.45. The normalized spacial score (nSPS) is 11.6. The van der Waals surface area contributed by atoms with Gasteiger partial charge in [0.1, 0.15) is 0 Å². The highest BCUT2D eigenvalue weighted by atomic mass is 16.5. The van der Waals surface area contributed by atoms with Gasteiger partial charge in [0.05, 0.1) is 13.2 Å². The zero-order valence-electron chi connectivity index (χ0n) is 15.0. The first-order chi connectivity index (χ1) is 11.2. The average Bonchev–Trinajstić information content (AvgIpc) is 2.55. The number of aliphatic imine (C=N–C) groups is 1. The number of nitrogens with one attached hydrogen (secondary N) is 1. The van der Waals surface area contributed by atoms with E-state index in [9.17, 15) is 0 Å². The Morgan fingerprint density at radius 3 is 2.65 bits per heavy atom. The summed E-state index contributed by atoms with van der Waals surface area (Å²) in [5.41, 5.74) is 2.63. The average molecular weight is 321 g/mol. The van der Waals surface area contributed by atoms with Crippen molar-refractivity contribution in [3.8, 4) is 0 Å². The molecule has 1 aromatic carbocycles. The van der Waals surface area contributed by atoms with E-state index >= 15 is 0 Å². The fraction of sp³-hybridized carbons (Fsp3) is 0.611. The largest absolute Gasteiger partial charge is 0.382 e. The maximum absolute atomic E-state index is 5.45. The van der Waals surface area contributed by atoms with E-state index < -0.39 is 0 Å². The molecule has 0 spiro atoms. The molecule has 1 N–H and O–H groups in total. The van der Waals surface area contributed by atoms with Crippen LogP contribution in [0.4, 0.5) is 0 Å². The van der Waals surface area contributed by atoms with Gasteiger partial charge in [-0.05, 0) is 30.9 Å². The lowest BCUT2D eigenvalue weighted by Crippen LogP contribution is -2.39. The first-order valence-electron chi connectivity index (χ1n) is 8.22. The summed E-state index contributed by atoms with van der Waals surface area (Å²) in [6.45, 7) is 6.01. The predicted octanol–water partition coefficient (Wildman–Crippen LogP) is 2.45. The lowest BCUT2D eigenvalue weighted by atomic mass is 10.1. The minimum Gasteiger partial charge on any atom is -0.382 e. The van der Waals surface area contributed by atoms with Crippen molar-refractivity contribution in [2.45, 2.75) is 26.3 Å². The number of aryl methyl sites for hydroxylation is 1. The van der Waals surface area contributed by atoms with Crippen LogP contribution in [0.25, 0.3) is 0 Å². The number of guanidine groups is 1. The molecule has 0 unspecified atom stereocenters. The van der Waals surface area contributed by atoms with Gasteiger partial charge in [-0.15, -0.1) is 0 Å². The Hall–Kier alpha value is -1.59. The molecule has 0 amide bonds. The molecule has 0 fully saturated rings. The third kappa shape index (κ3) is 8.00. The second-order valence-corrected chi connectivity index (χ2v) is 5.57. The first-order valence-corrected chi connectivity index (χ1v) is 8.22. The van der Waals surface area contributed by atoms with E-state index in [0.29, 0.717) is 13.2 Å². The molecule has 0 saturated heterocycles. The van der Waals surface area contributed by atoms with Gasteiger partial charge in [0.2, 0.25) is 0 Å². The number of nitrogens with zero attached hydrogens (tertiary/aromatic N) is 2. The number of benzene rings is 1. The van der Waals surface area contributed by atoms with E-state index in [4.69, 9.17) is 9.47 Å². The fourth-order valence-corrected chi connectivity index (χ4v) is 2.28. The van der Waals surface area contributed by atoms with Crippen LogP contribution in [0.1, 0.15) is 24.0 Å². The van der Waals surface area contributed by atoms with Crippen molar-refractivity contribution in [1.29, 1.82) is 0 Å². The molecule has 130 valence electrons. The predicted molar refractivity (Wildman–Crippen MR) is 95.9 cm³/mol. The highest BCUT2D eigenvalue weighted by molar-refractivity contribution is 5.79. The molecular formula is C18H31N3O2. The van der Waals surface area contributed by atoms with Crippen molar-refractivity contribution in [1.82, 2.24) is 10.2 Å². The van der Waals surface area contributed by atoms with Crippen LogP contribution in [0.15, 0.2) is 29.3 Å². The van der Waals surface area contributed by atoms with Crippen LogP contribution < -0.4 is 5.32 Å². The minimum atomic E-state index is 0.661. The maximum Gasteiger partial charge on any atom is 0.193 e. The highest BCUT2D eigenvalue weighted by Crippen LogP contribution is 2.09. The molecule has 23 heavy (non-hydrogen) atoms. The van der Waals surface area contributed by atoms with Crippen LogP contribution in [0.3, 0.4) is 0 Å². The van der Waals surface area contributed by atoms with Crippen LogP contribution in [0, 0.1) is 6.92 Å². The minimum absolute atomic E-state index is 0.661. The number of methoxy groups -OCH3 is 1. The van der Waals surface area contributed by atoms with Gasteiger partial charge >= 0.3 is 0 Å². The number of ether oxygens (including phenoxy) is 2. The Morgan fingerprint density at radius 1 is 1.17 bits per heavy atom. The zero-order chi connectivity index (χ0) is 16.9. The van der Waals surface area contributed by atoms with Gasteiger partial charge in [-0.2, -0.15) is 0 Å². The van der Waals surface area contributed by atoms with E-state index in [2.05, 4.69) is 53.4 Å². The third-order valence-corrected chi connectivity index (χ3v) is 3.67.